The van der Waals surface area contributed by atoms with E-state index in [-0.39, 0.29) is 5.57 Å². The molecule has 19 heavy (non-hydrogen) atoms. The van der Waals surface area contributed by atoms with E-state index < -0.39 is 5.97 Å². The van der Waals surface area contributed by atoms with Crippen LogP contribution in [0, 0.1) is 0 Å². The van der Waals surface area contributed by atoms with E-state index in [1.165, 1.54) is 12.5 Å². The minimum Gasteiger partial charge on any atom is -0.478 e. The SMILES string of the molecule is C=C(C)C(=O)O.CN(C)CCNCc1ccccc1. The van der Waals surface area contributed by atoms with Crippen molar-refractivity contribution in [1.29, 1.82) is 0 Å². The zero-order valence-corrected chi connectivity index (χ0v) is 12.0. The molecule has 0 amide bonds. The summed E-state index contributed by atoms with van der Waals surface area (Å²) in [5.41, 5.74) is 1.52. The van der Waals surface area contributed by atoms with Crippen LogP contribution in [0.3, 0.4) is 0 Å². The second-order valence-electron chi connectivity index (χ2n) is 4.55. The Morgan fingerprint density at radius 1 is 1.32 bits per heavy atom. The standard InChI is InChI=1S/C11H18N2.C4H6O2/c1-13(2)9-8-12-10-11-6-4-3-5-7-11;1-3(2)4(5)6/h3-7,12H,8-10H2,1-2H3;1H2,2H3,(H,5,6). The molecule has 0 radical (unpaired) electrons. The molecule has 0 unspecified atom stereocenters. The quantitative estimate of drug-likeness (QED) is 0.609. The predicted octanol–water partition coefficient (Wildman–Crippen LogP) is 1.98. The minimum absolute atomic E-state index is 0.176. The van der Waals surface area contributed by atoms with Crippen LogP contribution < -0.4 is 5.32 Å². The zero-order valence-electron chi connectivity index (χ0n) is 12.0. The Bertz CT molecular complexity index is 363. The summed E-state index contributed by atoms with van der Waals surface area (Å²) in [6.07, 6.45) is 0. The second-order valence-corrected chi connectivity index (χ2v) is 4.55. The number of nitrogens with zero attached hydrogens (tertiary/aromatic N) is 1. The van der Waals surface area contributed by atoms with E-state index in [9.17, 15) is 4.79 Å². The molecule has 4 heteroatoms. The lowest BCUT2D eigenvalue weighted by molar-refractivity contribution is -0.132. The van der Waals surface area contributed by atoms with Gasteiger partial charge in [0, 0.05) is 25.2 Å². The topological polar surface area (TPSA) is 52.6 Å². The first-order valence-corrected chi connectivity index (χ1v) is 6.21. The van der Waals surface area contributed by atoms with Gasteiger partial charge in [-0.25, -0.2) is 4.79 Å². The number of nitrogens with one attached hydrogen (secondary N) is 1. The van der Waals surface area contributed by atoms with E-state index in [2.05, 4.69) is 55.2 Å². The van der Waals surface area contributed by atoms with Crippen molar-refractivity contribution in [3.8, 4) is 0 Å². The maximum atomic E-state index is 9.60. The van der Waals surface area contributed by atoms with Crippen LogP contribution in [0.15, 0.2) is 42.5 Å². The monoisotopic (exact) mass is 264 g/mol. The van der Waals surface area contributed by atoms with Crippen molar-refractivity contribution in [3.05, 3.63) is 48.0 Å². The highest BCUT2D eigenvalue weighted by molar-refractivity contribution is 5.84. The molecule has 0 atom stereocenters. The Morgan fingerprint density at radius 2 is 1.84 bits per heavy atom. The Hall–Kier alpha value is -1.65. The zero-order chi connectivity index (χ0) is 14.7. The van der Waals surface area contributed by atoms with Crippen molar-refractivity contribution in [2.45, 2.75) is 13.5 Å². The number of aliphatic carboxylic acids is 1. The van der Waals surface area contributed by atoms with Gasteiger partial charge in [0.2, 0.25) is 0 Å². The van der Waals surface area contributed by atoms with Crippen LogP contribution in [-0.4, -0.2) is 43.2 Å². The van der Waals surface area contributed by atoms with E-state index in [4.69, 9.17) is 5.11 Å². The van der Waals surface area contributed by atoms with Gasteiger partial charge in [-0.3, -0.25) is 0 Å². The highest BCUT2D eigenvalue weighted by atomic mass is 16.4. The van der Waals surface area contributed by atoms with Crippen LogP contribution in [0.2, 0.25) is 0 Å². The van der Waals surface area contributed by atoms with Crippen molar-refractivity contribution in [2.24, 2.45) is 0 Å². The molecule has 1 rings (SSSR count). The molecule has 0 aliphatic rings. The number of hydrogen-bond donors (Lipinski definition) is 2. The molecule has 0 aliphatic carbocycles. The molecule has 0 spiro atoms. The van der Waals surface area contributed by atoms with Crippen LogP contribution in [0.1, 0.15) is 12.5 Å². The van der Waals surface area contributed by atoms with Crippen molar-refractivity contribution in [3.63, 3.8) is 0 Å². The Kier molecular flexibility index (Phi) is 9.40. The third-order valence-electron chi connectivity index (χ3n) is 2.27. The normalized spacial score (nSPS) is 9.68. The van der Waals surface area contributed by atoms with Crippen LogP contribution >= 0.6 is 0 Å². The van der Waals surface area contributed by atoms with Gasteiger partial charge >= 0.3 is 5.97 Å². The van der Waals surface area contributed by atoms with E-state index >= 15 is 0 Å². The Morgan fingerprint density at radius 3 is 2.26 bits per heavy atom. The molecular weight excluding hydrogens is 240 g/mol. The number of carboxylic acids is 1. The fourth-order valence-corrected chi connectivity index (χ4v) is 1.13. The van der Waals surface area contributed by atoms with Crippen molar-refractivity contribution >= 4 is 5.97 Å². The number of rotatable bonds is 6. The molecular formula is C15H24N2O2. The van der Waals surface area contributed by atoms with E-state index in [0.29, 0.717) is 0 Å². The third kappa shape index (κ3) is 11.2. The number of carbonyl (C=O) groups is 1. The molecule has 0 aliphatic heterocycles. The van der Waals surface area contributed by atoms with Gasteiger partial charge in [-0.15, -0.1) is 0 Å². The summed E-state index contributed by atoms with van der Waals surface area (Å²) in [5, 5.41) is 11.3. The smallest absolute Gasteiger partial charge is 0.330 e. The fourth-order valence-electron chi connectivity index (χ4n) is 1.13. The van der Waals surface area contributed by atoms with E-state index in [1.807, 2.05) is 6.07 Å². The number of carboxylic acid groups (broad SMARTS) is 1. The molecule has 0 aromatic heterocycles. The van der Waals surface area contributed by atoms with E-state index in [1.54, 1.807) is 0 Å². The van der Waals surface area contributed by atoms with Crippen molar-refractivity contribution in [1.82, 2.24) is 10.2 Å². The average molecular weight is 264 g/mol. The van der Waals surface area contributed by atoms with Gasteiger partial charge in [-0.2, -0.15) is 0 Å². The van der Waals surface area contributed by atoms with Gasteiger partial charge in [0.25, 0.3) is 0 Å². The molecule has 0 fully saturated rings. The summed E-state index contributed by atoms with van der Waals surface area (Å²) in [7, 11) is 4.17. The molecule has 106 valence electrons. The van der Waals surface area contributed by atoms with Gasteiger partial charge in [0.15, 0.2) is 0 Å². The molecule has 1 aromatic rings. The van der Waals surface area contributed by atoms with Crippen molar-refractivity contribution in [2.75, 3.05) is 27.2 Å². The summed E-state index contributed by atoms with van der Waals surface area (Å²) in [6.45, 7) is 7.70. The first-order valence-electron chi connectivity index (χ1n) is 6.21. The first-order chi connectivity index (χ1) is 8.93. The van der Waals surface area contributed by atoms with Crippen LogP contribution in [0.4, 0.5) is 0 Å². The number of benzene rings is 1. The lowest BCUT2D eigenvalue weighted by Crippen LogP contribution is -2.26. The molecule has 2 N–H and O–H groups in total. The van der Waals surface area contributed by atoms with Crippen LogP contribution in [0.5, 0.6) is 0 Å². The summed E-state index contributed by atoms with van der Waals surface area (Å²) < 4.78 is 0. The molecule has 4 nitrogen and oxygen atoms in total. The van der Waals surface area contributed by atoms with Crippen molar-refractivity contribution < 1.29 is 9.90 Å². The highest BCUT2D eigenvalue weighted by Gasteiger charge is 1.91. The Labute approximate surface area is 115 Å². The van der Waals surface area contributed by atoms with Crippen LogP contribution in [-0.2, 0) is 11.3 Å². The van der Waals surface area contributed by atoms with Gasteiger partial charge in [-0.05, 0) is 26.6 Å². The predicted molar refractivity (Wildman–Crippen MR) is 79.2 cm³/mol. The summed E-state index contributed by atoms with van der Waals surface area (Å²) in [5.74, 6) is -0.935. The van der Waals surface area contributed by atoms with E-state index in [0.717, 1.165) is 19.6 Å². The highest BCUT2D eigenvalue weighted by Crippen LogP contribution is 1.96. The molecule has 0 saturated heterocycles. The average Bonchev–Trinajstić information content (AvgIpc) is 2.36. The van der Waals surface area contributed by atoms with Gasteiger partial charge in [0.05, 0.1) is 0 Å². The molecule has 0 saturated carbocycles. The third-order valence-corrected chi connectivity index (χ3v) is 2.27. The maximum absolute atomic E-state index is 9.60. The second kappa shape index (κ2) is 10.3. The van der Waals surface area contributed by atoms with Crippen LogP contribution in [0.25, 0.3) is 0 Å². The summed E-state index contributed by atoms with van der Waals surface area (Å²) in [6, 6.07) is 10.5. The number of likely N-dealkylation sites (N-methyl/N-ethyl adjacent to an activating group) is 1. The van der Waals surface area contributed by atoms with Gasteiger partial charge in [-0.1, -0.05) is 36.9 Å². The first kappa shape index (κ1) is 17.4. The summed E-state index contributed by atoms with van der Waals surface area (Å²) >= 11 is 0. The minimum atomic E-state index is -0.935. The molecule has 0 bridgehead atoms. The largest absolute Gasteiger partial charge is 0.478 e. The lowest BCUT2D eigenvalue weighted by atomic mass is 10.2. The fraction of sp³-hybridized carbons (Fsp3) is 0.400. The molecule has 1 aromatic carbocycles. The summed E-state index contributed by atoms with van der Waals surface area (Å²) in [4.78, 5) is 11.8. The van der Waals surface area contributed by atoms with Gasteiger partial charge in [0.1, 0.15) is 0 Å². The number of hydrogen-bond acceptors (Lipinski definition) is 3. The lowest BCUT2D eigenvalue weighted by Gasteiger charge is -2.10. The maximum Gasteiger partial charge on any atom is 0.330 e. The van der Waals surface area contributed by atoms with Gasteiger partial charge < -0.3 is 15.3 Å². The Balaban J connectivity index is 0.000000459. The molecule has 0 heterocycles.